The average Bonchev–Trinajstić information content (AvgIpc) is 4.13. The predicted molar refractivity (Wildman–Crippen MR) is 248 cm³/mol. The number of hydrogen-bond donors (Lipinski definition) is 4. The molecule has 0 spiro atoms. The minimum Gasteiger partial charge on any atom is -0.488 e. The van der Waals surface area contributed by atoms with E-state index >= 15 is 0 Å². The number of carbonyl (C=O) groups excluding carboxylic acids is 4. The summed E-state index contributed by atoms with van der Waals surface area (Å²) in [7, 11) is 2.62. The lowest BCUT2D eigenvalue weighted by molar-refractivity contribution is -0.141. The zero-order chi connectivity index (χ0) is 46.6. The maximum absolute atomic E-state index is 14.8. The lowest BCUT2D eigenvalue weighted by atomic mass is 9.85. The molecule has 8 unspecified atom stereocenters. The number of fused-ring (bicyclic) bond motifs is 6. The first-order valence-corrected chi connectivity index (χ1v) is 23.5. The number of hydrogen-bond acceptors (Lipinski definition) is 10. The van der Waals surface area contributed by atoms with Gasteiger partial charge in [0.15, 0.2) is 0 Å². The molecule has 4 aliphatic heterocycles. The summed E-state index contributed by atoms with van der Waals surface area (Å²) in [5, 5.41) is 7.61. The number of amides is 4. The molecule has 8 atom stereocenters. The summed E-state index contributed by atoms with van der Waals surface area (Å²) in [4.78, 5) is 74.4. The molecule has 0 aliphatic carbocycles. The fourth-order valence-corrected chi connectivity index (χ4v) is 11.1. The smallest absolute Gasteiger partial charge is 0.407 e. The number of methoxy groups -OCH3 is 2. The summed E-state index contributed by atoms with van der Waals surface area (Å²) in [6.07, 6.45) is 5.74. The van der Waals surface area contributed by atoms with E-state index in [1.165, 1.54) is 14.2 Å². The van der Waals surface area contributed by atoms with Gasteiger partial charge in [-0.05, 0) is 124 Å². The van der Waals surface area contributed by atoms with Crippen molar-refractivity contribution in [1.82, 2.24) is 40.4 Å². The third kappa shape index (κ3) is 8.32. The summed E-state index contributed by atoms with van der Waals surface area (Å²) in [5.74, 6) is 1.70. The van der Waals surface area contributed by atoms with Crippen LogP contribution in [-0.2, 0) is 30.4 Å². The zero-order valence-electron chi connectivity index (χ0n) is 39.1. The van der Waals surface area contributed by atoms with E-state index in [9.17, 15) is 19.2 Å². The largest absolute Gasteiger partial charge is 0.488 e. The maximum Gasteiger partial charge on any atom is 0.407 e. The number of likely N-dealkylation sites (tertiary alicyclic amines) is 2. The molecular weight excluding hydrogens is 841 g/mol. The van der Waals surface area contributed by atoms with E-state index in [1.54, 1.807) is 0 Å². The van der Waals surface area contributed by atoms with Crippen LogP contribution in [-0.4, -0.2) is 104 Å². The van der Waals surface area contributed by atoms with E-state index in [4.69, 9.17) is 28.9 Å². The topological polar surface area (TPSA) is 193 Å². The van der Waals surface area contributed by atoms with Gasteiger partial charge >= 0.3 is 12.2 Å². The molecule has 16 heteroatoms. The van der Waals surface area contributed by atoms with Gasteiger partial charge in [0.2, 0.25) is 11.8 Å². The molecule has 0 radical (unpaired) electrons. The van der Waals surface area contributed by atoms with Gasteiger partial charge in [-0.25, -0.2) is 19.6 Å². The standard InChI is InChI=1S/C50H62N8O8/c1-9-33-13-17-40(58(33)48(60)43(56-50(62)64-8)31-18-27(5)66-28(6)19-31)46-52-37-15-12-29-21-36-34-14-11-30(20-32(34)24-65-41(36)22-35(29)44(37)54-46)38-23-51-45(53-38)39-16-10-26(4)57(39)47(59)42(25(2)3)55-49(61)63-7/h11-12,14-15,20-23,25-28,31,33,39-40,42-43H,9-10,13,16-19,24H2,1-8H3,(H,51,53)(H,52,54)(H,55,61)(H,56,62). The second-order valence-corrected chi connectivity index (χ2v) is 19.0. The first kappa shape index (κ1) is 45.0. The normalized spacial score (nSPS) is 24.7. The van der Waals surface area contributed by atoms with Crippen molar-refractivity contribution in [2.24, 2.45) is 11.8 Å². The minimum atomic E-state index is -0.753. The van der Waals surface area contributed by atoms with Crippen LogP contribution in [0.15, 0.2) is 48.7 Å². The number of nitrogens with one attached hydrogen (secondary N) is 4. The molecule has 66 heavy (non-hydrogen) atoms. The van der Waals surface area contributed by atoms with Crippen molar-refractivity contribution < 1.29 is 38.1 Å². The van der Waals surface area contributed by atoms with E-state index in [1.807, 2.05) is 56.7 Å². The van der Waals surface area contributed by atoms with Crippen molar-refractivity contribution in [2.75, 3.05) is 14.2 Å². The van der Waals surface area contributed by atoms with Crippen molar-refractivity contribution in [3.8, 4) is 28.1 Å². The van der Waals surface area contributed by atoms with Gasteiger partial charge in [-0.2, -0.15) is 0 Å². The maximum atomic E-state index is 14.8. The quantitative estimate of drug-likeness (QED) is 0.106. The van der Waals surface area contributed by atoms with Gasteiger partial charge in [-0.15, -0.1) is 0 Å². The number of alkyl carbamates (subject to hydrolysis) is 2. The third-order valence-electron chi connectivity index (χ3n) is 14.4. The van der Waals surface area contributed by atoms with Crippen LogP contribution in [0, 0.1) is 11.8 Å². The molecule has 4 aliphatic rings. The summed E-state index contributed by atoms with van der Waals surface area (Å²) in [5.41, 5.74) is 6.59. The molecule has 3 fully saturated rings. The Morgan fingerprint density at radius 1 is 0.833 bits per heavy atom. The number of carbonyl (C=O) groups is 4. The van der Waals surface area contributed by atoms with Crippen molar-refractivity contribution >= 4 is 45.8 Å². The van der Waals surface area contributed by atoms with Gasteiger partial charge in [-0.3, -0.25) is 9.59 Å². The SMILES string of the molecule is CCC1CCC(c2nc3c(ccc4cc5c(cc43)OCc3cc(-c4cnc(C6CCC(C)N6C(=O)C(NC(=O)OC)C(C)C)[nH]4)ccc3-5)[nH]2)N1C(=O)C(NC(=O)OC)C1CC(C)OC(C)C1. The number of rotatable bonds is 10. The Bertz CT molecular complexity index is 2650. The van der Waals surface area contributed by atoms with Crippen LogP contribution < -0.4 is 15.4 Å². The molecule has 4 amide bonds. The second kappa shape index (κ2) is 18.3. The highest BCUT2D eigenvalue weighted by Crippen LogP contribution is 2.45. The van der Waals surface area contributed by atoms with Gasteiger partial charge in [0, 0.05) is 23.0 Å². The molecule has 16 nitrogen and oxygen atoms in total. The molecule has 5 aromatic rings. The Morgan fingerprint density at radius 2 is 1.56 bits per heavy atom. The highest BCUT2D eigenvalue weighted by Gasteiger charge is 2.46. The van der Waals surface area contributed by atoms with Gasteiger partial charge in [0.05, 0.1) is 61.4 Å². The van der Waals surface area contributed by atoms with Crippen LogP contribution in [0.1, 0.15) is 116 Å². The fourth-order valence-electron chi connectivity index (χ4n) is 11.1. The van der Waals surface area contributed by atoms with Crippen LogP contribution in [0.25, 0.3) is 44.2 Å². The van der Waals surface area contributed by atoms with Crippen molar-refractivity contribution in [3.63, 3.8) is 0 Å². The Hall–Kier alpha value is -6.16. The molecule has 6 heterocycles. The molecular formula is C50H62N8O8. The van der Waals surface area contributed by atoms with Crippen LogP contribution >= 0.6 is 0 Å². The monoisotopic (exact) mass is 902 g/mol. The Morgan fingerprint density at radius 3 is 2.29 bits per heavy atom. The van der Waals surface area contributed by atoms with Gasteiger partial charge in [-0.1, -0.05) is 39.0 Å². The lowest BCUT2D eigenvalue weighted by Crippen LogP contribution is -2.55. The fraction of sp³-hybridized carbons (Fsp3) is 0.520. The van der Waals surface area contributed by atoms with E-state index in [0.29, 0.717) is 25.3 Å². The van der Waals surface area contributed by atoms with Gasteiger partial charge < -0.3 is 49.3 Å². The van der Waals surface area contributed by atoms with E-state index in [-0.39, 0.29) is 60.0 Å². The summed E-state index contributed by atoms with van der Waals surface area (Å²) in [6.45, 7) is 12.4. The summed E-state index contributed by atoms with van der Waals surface area (Å²) in [6, 6.07) is 12.7. The van der Waals surface area contributed by atoms with Crippen LogP contribution in [0.3, 0.4) is 0 Å². The van der Waals surface area contributed by atoms with Crippen LogP contribution in [0.5, 0.6) is 5.75 Å². The third-order valence-corrected chi connectivity index (χ3v) is 14.4. The Labute approximate surface area is 384 Å². The lowest BCUT2D eigenvalue weighted by Gasteiger charge is -2.39. The first-order chi connectivity index (χ1) is 31.8. The van der Waals surface area contributed by atoms with Gasteiger partial charge in [0.1, 0.15) is 36.1 Å². The molecule has 350 valence electrons. The average molecular weight is 903 g/mol. The molecule has 9 rings (SSSR count). The number of H-pyrrole nitrogens is 2. The number of nitrogens with zero attached hydrogens (tertiary/aromatic N) is 4. The number of ether oxygens (including phenoxy) is 4. The highest BCUT2D eigenvalue weighted by atomic mass is 16.5. The first-order valence-electron chi connectivity index (χ1n) is 23.5. The highest BCUT2D eigenvalue weighted by molar-refractivity contribution is 6.07. The van der Waals surface area contributed by atoms with E-state index < -0.39 is 24.3 Å². The molecule has 4 N–H and O–H groups in total. The molecule has 2 aromatic heterocycles. The molecule has 3 saturated heterocycles. The number of aromatic nitrogens is 4. The number of aromatic amines is 2. The van der Waals surface area contributed by atoms with E-state index in [0.717, 1.165) is 93.4 Å². The van der Waals surface area contributed by atoms with E-state index in [2.05, 4.69) is 63.9 Å². The predicted octanol–water partition coefficient (Wildman–Crippen LogP) is 8.47. The summed E-state index contributed by atoms with van der Waals surface area (Å²) >= 11 is 0. The summed E-state index contributed by atoms with van der Waals surface area (Å²) < 4.78 is 22.3. The van der Waals surface area contributed by atoms with Crippen LogP contribution in [0.4, 0.5) is 9.59 Å². The van der Waals surface area contributed by atoms with Crippen molar-refractivity contribution in [2.45, 2.75) is 142 Å². The van der Waals surface area contributed by atoms with Crippen molar-refractivity contribution in [1.29, 1.82) is 0 Å². The number of benzene rings is 3. The zero-order valence-corrected chi connectivity index (χ0v) is 39.1. The molecule has 3 aromatic carbocycles. The molecule has 0 bridgehead atoms. The van der Waals surface area contributed by atoms with Crippen molar-refractivity contribution in [3.05, 3.63) is 65.9 Å². The Balaban J connectivity index is 0.972. The number of imidazole rings is 2. The Kier molecular flexibility index (Phi) is 12.5. The minimum absolute atomic E-state index is 0.00147. The van der Waals surface area contributed by atoms with Gasteiger partial charge in [0.25, 0.3) is 0 Å². The molecule has 0 saturated carbocycles. The van der Waals surface area contributed by atoms with Crippen LogP contribution in [0.2, 0.25) is 0 Å². The second-order valence-electron chi connectivity index (χ2n) is 19.0.